The van der Waals surface area contributed by atoms with Crippen LogP contribution in [-0.4, -0.2) is 134 Å². The normalized spacial score (nSPS) is 39.2. The van der Waals surface area contributed by atoms with Gasteiger partial charge in [-0.25, -0.2) is 0 Å². The Kier molecular flexibility index (Phi) is 10.1. The fourth-order valence-corrected chi connectivity index (χ4v) is 3.52. The molecular weight excluding hydrogens is 466 g/mol. The van der Waals surface area contributed by atoms with E-state index in [0.717, 1.165) is 6.92 Å². The average Bonchev–Trinajstić information content (AvgIpc) is 2.76. The Labute approximate surface area is 193 Å². The summed E-state index contributed by atoms with van der Waals surface area (Å²) in [6.07, 6.45) is -14.7. The first-order valence-corrected chi connectivity index (χ1v) is 10.4. The molecule has 0 saturated carbocycles. The summed E-state index contributed by atoms with van der Waals surface area (Å²) in [5.74, 6) is -2.94. The smallest absolute Gasteiger partial charge is 0.321 e. The maximum Gasteiger partial charge on any atom is 0.321 e. The highest BCUT2D eigenvalue weighted by molar-refractivity contribution is 5.84. The monoisotopic (exact) mass is 497 g/mol. The molecule has 34 heavy (non-hydrogen) atoms. The van der Waals surface area contributed by atoms with Crippen molar-refractivity contribution in [3.8, 4) is 0 Å². The lowest BCUT2D eigenvalue weighted by Crippen LogP contribution is -2.68. The lowest BCUT2D eigenvalue weighted by Gasteiger charge is -2.44. The number of carboxylic acid groups (broad SMARTS) is 1. The topological polar surface area (TPSA) is 271 Å². The number of aliphatic hydroxyl groups is 6. The van der Waals surface area contributed by atoms with Gasteiger partial charge in [-0.3, -0.25) is 14.4 Å². The molecule has 0 radical (unpaired) electrons. The minimum atomic E-state index is -1.73. The van der Waals surface area contributed by atoms with Gasteiger partial charge in [-0.15, -0.1) is 0 Å². The summed E-state index contributed by atoms with van der Waals surface area (Å²) < 4.78 is 16.1. The maximum absolute atomic E-state index is 12.2. The highest BCUT2D eigenvalue weighted by Gasteiger charge is 2.48. The summed E-state index contributed by atoms with van der Waals surface area (Å²) in [5, 5.41) is 73.3. The zero-order valence-corrected chi connectivity index (χ0v) is 18.1. The molecule has 2 amide bonds. The second-order valence-electron chi connectivity index (χ2n) is 8.05. The number of hydrogen-bond acceptors (Lipinski definition) is 13. The molecule has 2 saturated heterocycles. The zero-order chi connectivity index (χ0) is 25.7. The summed E-state index contributed by atoms with van der Waals surface area (Å²) in [6.45, 7) is -0.154. The third-order valence-corrected chi connectivity index (χ3v) is 5.42. The van der Waals surface area contributed by atoms with Crippen LogP contribution < -0.4 is 16.4 Å². The van der Waals surface area contributed by atoms with Gasteiger partial charge in [0.15, 0.2) is 12.5 Å². The predicted molar refractivity (Wildman–Crippen MR) is 106 cm³/mol. The molecule has 196 valence electrons. The number of ether oxygens (including phenoxy) is 3. The Morgan fingerprint density at radius 3 is 2.12 bits per heavy atom. The number of hydrogen-bond donors (Lipinski definition) is 10. The molecule has 0 bridgehead atoms. The predicted octanol–water partition coefficient (Wildman–Crippen LogP) is -6.33. The van der Waals surface area contributed by atoms with Crippen molar-refractivity contribution in [3.05, 3.63) is 0 Å². The Morgan fingerprint density at radius 2 is 1.56 bits per heavy atom. The number of carbonyl (C=O) groups excluding carboxylic acids is 2. The lowest BCUT2D eigenvalue weighted by molar-refractivity contribution is -0.312. The van der Waals surface area contributed by atoms with Crippen LogP contribution in [0.2, 0.25) is 0 Å². The Hall–Kier alpha value is -1.99. The van der Waals surface area contributed by atoms with Gasteiger partial charge in [0.05, 0.1) is 19.6 Å². The molecule has 0 aromatic heterocycles. The van der Waals surface area contributed by atoms with E-state index in [0.29, 0.717) is 0 Å². The molecule has 0 aliphatic carbocycles. The number of nitrogens with one attached hydrogen (secondary N) is 2. The van der Waals surface area contributed by atoms with Crippen LogP contribution in [0.25, 0.3) is 0 Å². The third kappa shape index (κ3) is 6.79. The van der Waals surface area contributed by atoms with E-state index >= 15 is 0 Å². The third-order valence-electron chi connectivity index (χ3n) is 5.42. The van der Waals surface area contributed by atoms with Crippen molar-refractivity contribution in [3.63, 3.8) is 0 Å². The molecule has 11 atom stereocenters. The van der Waals surface area contributed by atoms with Crippen molar-refractivity contribution in [2.24, 2.45) is 5.73 Å². The van der Waals surface area contributed by atoms with Crippen molar-refractivity contribution in [2.45, 2.75) is 80.7 Å². The van der Waals surface area contributed by atoms with Gasteiger partial charge in [0.2, 0.25) is 11.8 Å². The van der Waals surface area contributed by atoms with Gasteiger partial charge in [0, 0.05) is 6.92 Å². The molecule has 0 aromatic carbocycles. The highest BCUT2D eigenvalue weighted by atomic mass is 16.7. The minimum absolute atomic E-state index is 0.575. The number of amides is 2. The van der Waals surface area contributed by atoms with E-state index in [9.17, 15) is 45.0 Å². The van der Waals surface area contributed by atoms with Crippen LogP contribution >= 0.6 is 0 Å². The van der Waals surface area contributed by atoms with Crippen molar-refractivity contribution in [2.75, 3.05) is 13.2 Å². The fraction of sp³-hybridized carbons (Fsp3) is 0.833. The second-order valence-corrected chi connectivity index (χ2v) is 8.05. The maximum atomic E-state index is 12.2. The Balaban J connectivity index is 2.10. The van der Waals surface area contributed by atoms with Gasteiger partial charge < -0.3 is 66.3 Å². The highest BCUT2D eigenvalue weighted by Crippen LogP contribution is 2.25. The zero-order valence-electron chi connectivity index (χ0n) is 18.1. The number of carboxylic acids is 1. The van der Waals surface area contributed by atoms with Crippen LogP contribution in [0.1, 0.15) is 13.3 Å². The molecule has 0 aromatic rings. The summed E-state index contributed by atoms with van der Waals surface area (Å²) >= 11 is 0. The van der Waals surface area contributed by atoms with Crippen LogP contribution in [-0.2, 0) is 28.6 Å². The number of nitrogens with two attached hydrogens (primary N) is 1. The molecule has 0 unspecified atom stereocenters. The molecule has 2 aliphatic heterocycles. The number of carbonyl (C=O) groups is 3. The van der Waals surface area contributed by atoms with E-state index in [1.54, 1.807) is 0 Å². The molecule has 2 heterocycles. The number of aliphatic carboxylic acids is 1. The van der Waals surface area contributed by atoms with E-state index in [1.807, 2.05) is 0 Å². The molecule has 16 heteroatoms. The first kappa shape index (κ1) is 28.2. The van der Waals surface area contributed by atoms with Crippen molar-refractivity contribution in [1.82, 2.24) is 10.6 Å². The summed E-state index contributed by atoms with van der Waals surface area (Å²) in [7, 11) is 0. The molecule has 11 N–H and O–H groups in total. The van der Waals surface area contributed by atoms with Crippen molar-refractivity contribution >= 4 is 17.8 Å². The van der Waals surface area contributed by atoms with E-state index in [-0.39, 0.29) is 0 Å². The molecule has 16 nitrogen and oxygen atoms in total. The van der Waals surface area contributed by atoms with Gasteiger partial charge in [0.25, 0.3) is 0 Å². The van der Waals surface area contributed by atoms with Gasteiger partial charge in [0.1, 0.15) is 54.8 Å². The Morgan fingerprint density at radius 1 is 0.941 bits per heavy atom. The minimum Gasteiger partial charge on any atom is -0.480 e. The van der Waals surface area contributed by atoms with Crippen LogP contribution in [0.15, 0.2) is 0 Å². The average molecular weight is 497 g/mol. The van der Waals surface area contributed by atoms with Gasteiger partial charge in [-0.1, -0.05) is 0 Å². The summed E-state index contributed by atoms with van der Waals surface area (Å²) in [4.78, 5) is 34.6. The van der Waals surface area contributed by atoms with Crippen LogP contribution in [0, 0.1) is 0 Å². The van der Waals surface area contributed by atoms with Gasteiger partial charge >= 0.3 is 5.97 Å². The van der Waals surface area contributed by atoms with E-state index < -0.39 is 105 Å². The van der Waals surface area contributed by atoms with Gasteiger partial charge in [-0.2, -0.15) is 0 Å². The van der Waals surface area contributed by atoms with Crippen molar-refractivity contribution in [1.29, 1.82) is 0 Å². The quantitative estimate of drug-likeness (QED) is 0.142. The largest absolute Gasteiger partial charge is 0.480 e. The van der Waals surface area contributed by atoms with Crippen LogP contribution in [0.3, 0.4) is 0 Å². The summed E-state index contributed by atoms with van der Waals surface area (Å²) in [5.41, 5.74) is 5.33. The van der Waals surface area contributed by atoms with E-state index in [1.165, 1.54) is 0 Å². The number of rotatable bonds is 9. The van der Waals surface area contributed by atoms with E-state index in [2.05, 4.69) is 10.6 Å². The van der Waals surface area contributed by atoms with Gasteiger partial charge in [-0.05, 0) is 0 Å². The first-order chi connectivity index (χ1) is 15.9. The SMILES string of the molecule is CC(=O)N[C@@H]1[C@@H](O)[C@H](O)[C@@H](CO[C@H]2O[C@H](CO)[C@H](O)[C@H](O)[C@H]2O)O[C@H]1NC(=O)C[C@H](N)C(=O)O. The fourth-order valence-electron chi connectivity index (χ4n) is 3.52. The number of aliphatic hydroxyl groups excluding tert-OH is 6. The standard InChI is InChI=1S/C18H31N3O13/c1-5(23)20-10-13(27)12(26)8(33-16(10)21-9(24)2-6(19)17(30)31)4-32-18-15(29)14(28)11(25)7(3-22)34-18/h6-8,10-16,18,22,25-29H,2-4,19H2,1H3,(H,20,23)(H,21,24)(H,30,31)/t6-,7+,8+,10+,11-,12+,13+,14-,15+,16+,18-/m0/s1. The molecule has 2 rings (SSSR count). The molecule has 2 aliphatic rings. The lowest BCUT2D eigenvalue weighted by atomic mass is 9.95. The Bertz CT molecular complexity index is 725. The van der Waals surface area contributed by atoms with Crippen LogP contribution in [0.5, 0.6) is 0 Å². The molecule has 0 spiro atoms. The molecule has 2 fully saturated rings. The molecular formula is C18H31N3O13. The first-order valence-electron chi connectivity index (χ1n) is 10.4. The summed E-state index contributed by atoms with van der Waals surface area (Å²) in [6, 6.07) is -2.86. The van der Waals surface area contributed by atoms with Crippen LogP contribution in [0.4, 0.5) is 0 Å². The second kappa shape index (κ2) is 12.1. The van der Waals surface area contributed by atoms with Crippen molar-refractivity contribution < 1.29 is 64.3 Å². The van der Waals surface area contributed by atoms with E-state index in [4.69, 9.17) is 25.1 Å².